The lowest BCUT2D eigenvalue weighted by Gasteiger charge is -2.15. The average molecular weight is 305 g/mol. The van der Waals surface area contributed by atoms with Gasteiger partial charge in [0, 0.05) is 4.47 Å². The van der Waals surface area contributed by atoms with Crippen LogP contribution >= 0.6 is 15.9 Å². The molecule has 0 spiro atoms. The summed E-state index contributed by atoms with van der Waals surface area (Å²) in [7, 11) is 0. The predicted octanol–water partition coefficient (Wildman–Crippen LogP) is 4.40. The summed E-state index contributed by atoms with van der Waals surface area (Å²) < 4.78 is 0.986. The van der Waals surface area contributed by atoms with E-state index in [2.05, 4.69) is 35.0 Å². The molecule has 1 N–H and O–H groups in total. The van der Waals surface area contributed by atoms with Crippen molar-refractivity contribution in [1.29, 1.82) is 0 Å². The van der Waals surface area contributed by atoms with Gasteiger partial charge in [0.2, 0.25) is 0 Å². The van der Waals surface area contributed by atoms with E-state index < -0.39 is 6.10 Å². The summed E-state index contributed by atoms with van der Waals surface area (Å²) in [5.74, 6) is 0. The fraction of sp³-hybridized carbons (Fsp3) is 0.250. The van der Waals surface area contributed by atoms with Gasteiger partial charge in [0.25, 0.3) is 0 Å². The standard InChI is InChI=1S/C16H17BrO/c1-3-12-7-5-8-13(10-12)16(18)14-9-4-6-11(2)15(14)17/h4-10,16,18H,3H2,1-2H3. The summed E-state index contributed by atoms with van der Waals surface area (Å²) in [5.41, 5.74) is 4.25. The van der Waals surface area contributed by atoms with E-state index in [1.807, 2.05) is 37.3 Å². The van der Waals surface area contributed by atoms with Crippen molar-refractivity contribution >= 4 is 15.9 Å². The molecule has 0 radical (unpaired) electrons. The van der Waals surface area contributed by atoms with Crippen LogP contribution in [0.4, 0.5) is 0 Å². The van der Waals surface area contributed by atoms with E-state index in [1.165, 1.54) is 5.56 Å². The molecule has 2 heteroatoms. The van der Waals surface area contributed by atoms with Crippen LogP contribution < -0.4 is 0 Å². The zero-order valence-electron chi connectivity index (χ0n) is 10.7. The molecule has 1 atom stereocenters. The number of aryl methyl sites for hydroxylation is 2. The molecule has 94 valence electrons. The predicted molar refractivity (Wildman–Crippen MR) is 78.8 cm³/mol. The molecular weight excluding hydrogens is 288 g/mol. The van der Waals surface area contributed by atoms with Crippen molar-refractivity contribution in [3.05, 3.63) is 69.2 Å². The van der Waals surface area contributed by atoms with E-state index in [-0.39, 0.29) is 0 Å². The maximum atomic E-state index is 10.5. The molecule has 0 bridgehead atoms. The second-order valence-electron chi connectivity index (χ2n) is 4.48. The summed E-state index contributed by atoms with van der Waals surface area (Å²) >= 11 is 3.55. The quantitative estimate of drug-likeness (QED) is 0.891. The van der Waals surface area contributed by atoms with E-state index in [0.717, 1.165) is 27.6 Å². The zero-order valence-corrected chi connectivity index (χ0v) is 12.2. The summed E-state index contributed by atoms with van der Waals surface area (Å²) in [4.78, 5) is 0. The minimum Gasteiger partial charge on any atom is -0.384 e. The van der Waals surface area contributed by atoms with Crippen LogP contribution in [0.15, 0.2) is 46.9 Å². The Hall–Kier alpha value is -1.12. The molecule has 0 saturated carbocycles. The van der Waals surface area contributed by atoms with Gasteiger partial charge in [-0.1, -0.05) is 65.3 Å². The van der Waals surface area contributed by atoms with Crippen LogP contribution in [0, 0.1) is 6.92 Å². The van der Waals surface area contributed by atoms with E-state index in [1.54, 1.807) is 0 Å². The van der Waals surface area contributed by atoms with Gasteiger partial charge in [0.05, 0.1) is 0 Å². The second kappa shape index (κ2) is 5.68. The monoisotopic (exact) mass is 304 g/mol. The molecule has 0 aliphatic rings. The molecule has 1 nitrogen and oxygen atoms in total. The highest BCUT2D eigenvalue weighted by Crippen LogP contribution is 2.30. The number of hydrogen-bond donors (Lipinski definition) is 1. The highest BCUT2D eigenvalue weighted by atomic mass is 79.9. The van der Waals surface area contributed by atoms with Crippen LogP contribution in [-0.2, 0) is 6.42 Å². The third kappa shape index (κ3) is 2.65. The molecule has 0 saturated heterocycles. The number of aliphatic hydroxyl groups excluding tert-OH is 1. The summed E-state index contributed by atoms with van der Waals surface area (Å²) in [6, 6.07) is 14.1. The first-order valence-electron chi connectivity index (χ1n) is 6.15. The normalized spacial score (nSPS) is 12.4. The first-order valence-corrected chi connectivity index (χ1v) is 6.94. The van der Waals surface area contributed by atoms with Crippen LogP contribution in [0.3, 0.4) is 0 Å². The van der Waals surface area contributed by atoms with Crippen molar-refractivity contribution in [3.63, 3.8) is 0 Å². The lowest BCUT2D eigenvalue weighted by Crippen LogP contribution is -2.02. The summed E-state index contributed by atoms with van der Waals surface area (Å²) in [6.45, 7) is 4.15. The van der Waals surface area contributed by atoms with Crippen LogP contribution in [0.5, 0.6) is 0 Å². The van der Waals surface area contributed by atoms with Gasteiger partial charge in [-0.3, -0.25) is 0 Å². The Kier molecular flexibility index (Phi) is 4.20. The molecule has 18 heavy (non-hydrogen) atoms. The van der Waals surface area contributed by atoms with Crippen LogP contribution in [0.25, 0.3) is 0 Å². The van der Waals surface area contributed by atoms with Crippen molar-refractivity contribution in [2.24, 2.45) is 0 Å². The fourth-order valence-corrected chi connectivity index (χ4v) is 2.53. The molecule has 0 amide bonds. The van der Waals surface area contributed by atoms with E-state index in [4.69, 9.17) is 0 Å². The second-order valence-corrected chi connectivity index (χ2v) is 5.27. The molecule has 2 rings (SSSR count). The average Bonchev–Trinajstić information content (AvgIpc) is 2.41. The molecule has 2 aromatic rings. The molecule has 0 aromatic heterocycles. The fourth-order valence-electron chi connectivity index (χ4n) is 2.04. The zero-order chi connectivity index (χ0) is 13.1. The Balaban J connectivity index is 2.41. The van der Waals surface area contributed by atoms with Crippen LogP contribution in [0.1, 0.15) is 35.3 Å². The van der Waals surface area contributed by atoms with Crippen molar-refractivity contribution in [2.75, 3.05) is 0 Å². The van der Waals surface area contributed by atoms with Gasteiger partial charge in [-0.25, -0.2) is 0 Å². The molecule has 0 heterocycles. The highest BCUT2D eigenvalue weighted by Gasteiger charge is 2.14. The number of halogens is 1. The Morgan fingerprint density at radius 2 is 1.89 bits per heavy atom. The van der Waals surface area contributed by atoms with Gasteiger partial charge < -0.3 is 5.11 Å². The van der Waals surface area contributed by atoms with Crippen molar-refractivity contribution in [3.8, 4) is 0 Å². The largest absolute Gasteiger partial charge is 0.384 e. The molecule has 1 unspecified atom stereocenters. The molecule has 0 aliphatic heterocycles. The van der Waals surface area contributed by atoms with Crippen LogP contribution in [0.2, 0.25) is 0 Å². The Morgan fingerprint density at radius 3 is 2.61 bits per heavy atom. The SMILES string of the molecule is CCc1cccc(C(O)c2cccc(C)c2Br)c1. The van der Waals surface area contributed by atoms with Gasteiger partial charge >= 0.3 is 0 Å². The number of rotatable bonds is 3. The Morgan fingerprint density at radius 1 is 1.17 bits per heavy atom. The third-order valence-corrected chi connectivity index (χ3v) is 4.27. The van der Waals surface area contributed by atoms with Crippen LogP contribution in [-0.4, -0.2) is 5.11 Å². The molecule has 2 aromatic carbocycles. The number of hydrogen-bond acceptors (Lipinski definition) is 1. The van der Waals surface area contributed by atoms with E-state index >= 15 is 0 Å². The Bertz CT molecular complexity index is 549. The van der Waals surface area contributed by atoms with Gasteiger partial charge in [-0.2, -0.15) is 0 Å². The summed E-state index contributed by atoms with van der Waals surface area (Å²) in [6.07, 6.45) is 0.404. The topological polar surface area (TPSA) is 20.2 Å². The maximum absolute atomic E-state index is 10.5. The molecule has 0 aliphatic carbocycles. The number of benzene rings is 2. The lowest BCUT2D eigenvalue weighted by atomic mass is 9.98. The number of aliphatic hydroxyl groups is 1. The Labute approximate surface area is 117 Å². The maximum Gasteiger partial charge on any atom is 0.105 e. The third-order valence-electron chi connectivity index (χ3n) is 3.19. The first kappa shape index (κ1) is 13.3. The van der Waals surface area contributed by atoms with Crippen molar-refractivity contribution in [1.82, 2.24) is 0 Å². The molecule has 0 fully saturated rings. The lowest BCUT2D eigenvalue weighted by molar-refractivity contribution is 0.219. The minimum atomic E-state index is -0.578. The van der Waals surface area contributed by atoms with Gasteiger partial charge in [-0.05, 0) is 35.6 Å². The van der Waals surface area contributed by atoms with E-state index in [0.29, 0.717) is 0 Å². The van der Waals surface area contributed by atoms with Gasteiger partial charge in [-0.15, -0.1) is 0 Å². The smallest absolute Gasteiger partial charge is 0.105 e. The van der Waals surface area contributed by atoms with Crippen molar-refractivity contribution < 1.29 is 5.11 Å². The van der Waals surface area contributed by atoms with Crippen molar-refractivity contribution in [2.45, 2.75) is 26.4 Å². The first-order chi connectivity index (χ1) is 8.63. The van der Waals surface area contributed by atoms with E-state index in [9.17, 15) is 5.11 Å². The minimum absolute atomic E-state index is 0.578. The highest BCUT2D eigenvalue weighted by molar-refractivity contribution is 9.10. The van der Waals surface area contributed by atoms with Gasteiger partial charge in [0.1, 0.15) is 6.10 Å². The summed E-state index contributed by atoms with van der Waals surface area (Å²) in [5, 5.41) is 10.5. The molecular formula is C16H17BrO. The van der Waals surface area contributed by atoms with Gasteiger partial charge in [0.15, 0.2) is 0 Å².